The van der Waals surface area contributed by atoms with E-state index in [0.29, 0.717) is 0 Å². The molecule has 2 heterocycles. The second kappa shape index (κ2) is 7.87. The minimum Gasteiger partial charge on any atom is -0.497 e. The van der Waals surface area contributed by atoms with Crippen molar-refractivity contribution in [2.45, 2.75) is 37.1 Å². The maximum absolute atomic E-state index is 13.3. The van der Waals surface area contributed by atoms with E-state index in [1.165, 1.54) is 5.56 Å². The molecule has 0 saturated heterocycles. The Hall–Kier alpha value is -2.86. The predicted octanol–water partition coefficient (Wildman–Crippen LogP) is 4.82. The third kappa shape index (κ3) is 3.85. The number of methoxy groups -OCH3 is 1. The first kappa shape index (κ1) is 19.5. The van der Waals surface area contributed by atoms with Gasteiger partial charge < -0.3 is 15.5 Å². The number of rotatable bonds is 4. The number of carbonyl (C=O) groups is 1. The van der Waals surface area contributed by atoms with Crippen LogP contribution in [0.2, 0.25) is 0 Å². The highest BCUT2D eigenvalue weighted by molar-refractivity contribution is 8.00. The molecule has 0 radical (unpaired) electrons. The van der Waals surface area contributed by atoms with Crippen molar-refractivity contribution in [3.05, 3.63) is 77.0 Å². The van der Waals surface area contributed by atoms with Crippen molar-refractivity contribution in [3.63, 3.8) is 0 Å². The zero-order valence-electron chi connectivity index (χ0n) is 17.0. The van der Waals surface area contributed by atoms with Crippen LogP contribution in [0.25, 0.3) is 0 Å². The molecular formula is C23H25N3O2S. The summed E-state index contributed by atoms with van der Waals surface area (Å²) in [5, 5.41) is 3.85. The molecule has 0 aliphatic carbocycles. The van der Waals surface area contributed by atoms with Crippen LogP contribution in [0, 0.1) is 20.8 Å². The second-order valence-electron chi connectivity index (χ2n) is 7.37. The van der Waals surface area contributed by atoms with E-state index in [1.807, 2.05) is 43.3 Å². The third-order valence-corrected chi connectivity index (χ3v) is 6.53. The standard InChI is InChI=1S/C23H25N3O2S/c1-14-5-11-19(15(2)13-14)24-23(27)22-21(17-7-9-18(28-4)10-8-17)25-26-16(3)6-12-20(26)29-22/h5-13,21-22,25H,1-4H3,(H,24,27)/t21-,22-/m1/s1. The number of nitrogens with one attached hydrogen (secondary N) is 2. The summed E-state index contributed by atoms with van der Waals surface area (Å²) in [6.45, 7) is 6.12. The van der Waals surface area contributed by atoms with Crippen LogP contribution in [-0.2, 0) is 4.79 Å². The molecule has 0 spiro atoms. The Labute approximate surface area is 175 Å². The summed E-state index contributed by atoms with van der Waals surface area (Å²) >= 11 is 1.58. The highest BCUT2D eigenvalue weighted by atomic mass is 32.2. The topological polar surface area (TPSA) is 55.3 Å². The van der Waals surface area contributed by atoms with Crippen LogP contribution in [0.3, 0.4) is 0 Å². The molecular weight excluding hydrogens is 382 g/mol. The summed E-state index contributed by atoms with van der Waals surface area (Å²) in [5.74, 6) is 0.784. The van der Waals surface area contributed by atoms with E-state index in [9.17, 15) is 4.79 Å². The predicted molar refractivity (Wildman–Crippen MR) is 118 cm³/mol. The van der Waals surface area contributed by atoms with Crippen LogP contribution in [-0.4, -0.2) is 22.9 Å². The fourth-order valence-electron chi connectivity index (χ4n) is 3.60. The van der Waals surface area contributed by atoms with E-state index in [-0.39, 0.29) is 17.2 Å². The molecule has 150 valence electrons. The summed E-state index contributed by atoms with van der Waals surface area (Å²) in [7, 11) is 1.65. The lowest BCUT2D eigenvalue weighted by atomic mass is 10.0. The molecule has 1 aromatic heterocycles. The number of benzene rings is 2. The Morgan fingerprint density at radius 1 is 1.07 bits per heavy atom. The minimum absolute atomic E-state index is 0.0135. The van der Waals surface area contributed by atoms with Crippen molar-refractivity contribution in [1.29, 1.82) is 0 Å². The first-order valence-corrected chi connectivity index (χ1v) is 10.5. The van der Waals surface area contributed by atoms with Gasteiger partial charge in [-0.15, -0.1) is 0 Å². The highest BCUT2D eigenvalue weighted by Gasteiger charge is 2.36. The average molecular weight is 408 g/mol. The normalized spacial score (nSPS) is 17.9. The summed E-state index contributed by atoms with van der Waals surface area (Å²) < 4.78 is 7.34. The van der Waals surface area contributed by atoms with Gasteiger partial charge in [0.15, 0.2) is 0 Å². The Kier molecular flexibility index (Phi) is 5.28. The third-order valence-electron chi connectivity index (χ3n) is 5.23. The summed E-state index contributed by atoms with van der Waals surface area (Å²) in [4.78, 5) is 13.3. The fraction of sp³-hybridized carbons (Fsp3) is 0.261. The summed E-state index contributed by atoms with van der Waals surface area (Å²) in [6, 6.07) is 17.9. The molecule has 0 bridgehead atoms. The number of anilines is 1. The number of hydrogen-bond donors (Lipinski definition) is 2. The van der Waals surface area contributed by atoms with Crippen molar-refractivity contribution < 1.29 is 9.53 Å². The molecule has 2 N–H and O–H groups in total. The van der Waals surface area contributed by atoms with Crippen LogP contribution >= 0.6 is 11.8 Å². The zero-order valence-corrected chi connectivity index (χ0v) is 17.8. The number of amides is 1. The number of hydrogen-bond acceptors (Lipinski definition) is 4. The summed E-state index contributed by atoms with van der Waals surface area (Å²) in [6.07, 6.45) is 0. The van der Waals surface area contributed by atoms with Gasteiger partial charge >= 0.3 is 0 Å². The van der Waals surface area contributed by atoms with Gasteiger partial charge in [0.05, 0.1) is 18.2 Å². The van der Waals surface area contributed by atoms with E-state index in [4.69, 9.17) is 4.74 Å². The molecule has 1 amide bonds. The van der Waals surface area contributed by atoms with Gasteiger partial charge in [-0.2, -0.15) is 0 Å². The van der Waals surface area contributed by atoms with Crippen LogP contribution in [0.4, 0.5) is 5.69 Å². The summed E-state index contributed by atoms with van der Waals surface area (Å²) in [5.41, 5.74) is 8.78. The Balaban J connectivity index is 1.66. The number of ether oxygens (including phenoxy) is 1. The van der Waals surface area contributed by atoms with Gasteiger partial charge in [0.25, 0.3) is 0 Å². The zero-order chi connectivity index (χ0) is 20.5. The van der Waals surface area contributed by atoms with Crippen molar-refractivity contribution >= 4 is 23.4 Å². The molecule has 1 aliphatic heterocycles. The molecule has 0 unspecified atom stereocenters. The minimum atomic E-state index is -0.314. The molecule has 1 aliphatic rings. The molecule has 6 heteroatoms. The van der Waals surface area contributed by atoms with Crippen molar-refractivity contribution in [3.8, 4) is 5.75 Å². The highest BCUT2D eigenvalue weighted by Crippen LogP contribution is 2.39. The molecule has 2 atom stereocenters. The molecule has 4 rings (SSSR count). The Morgan fingerprint density at radius 3 is 2.52 bits per heavy atom. The smallest absolute Gasteiger partial charge is 0.240 e. The number of aromatic nitrogens is 1. The Bertz CT molecular complexity index is 1040. The van der Waals surface area contributed by atoms with Crippen LogP contribution in [0.5, 0.6) is 5.75 Å². The van der Waals surface area contributed by atoms with Crippen molar-refractivity contribution in [2.24, 2.45) is 0 Å². The lowest BCUT2D eigenvalue weighted by Crippen LogP contribution is -2.41. The number of thioether (sulfide) groups is 1. The van der Waals surface area contributed by atoms with Crippen LogP contribution < -0.4 is 15.5 Å². The van der Waals surface area contributed by atoms with Gasteiger partial charge in [-0.25, -0.2) is 0 Å². The average Bonchev–Trinajstić information content (AvgIpc) is 3.09. The quantitative estimate of drug-likeness (QED) is 0.651. The van der Waals surface area contributed by atoms with Crippen molar-refractivity contribution in [2.75, 3.05) is 17.9 Å². The fourth-order valence-corrected chi connectivity index (χ4v) is 4.83. The molecule has 2 aromatic carbocycles. The van der Waals surface area contributed by atoms with Gasteiger partial charge in [-0.3, -0.25) is 9.47 Å². The largest absolute Gasteiger partial charge is 0.497 e. The molecule has 0 saturated carbocycles. The molecule has 29 heavy (non-hydrogen) atoms. The number of nitrogens with zero attached hydrogens (tertiary/aromatic N) is 1. The Morgan fingerprint density at radius 2 is 1.83 bits per heavy atom. The molecule has 0 fully saturated rings. The van der Waals surface area contributed by atoms with E-state index >= 15 is 0 Å². The molecule has 3 aromatic rings. The molecule has 5 nitrogen and oxygen atoms in total. The van der Waals surface area contributed by atoms with Gasteiger partial charge in [-0.05, 0) is 62.2 Å². The maximum Gasteiger partial charge on any atom is 0.240 e. The van der Waals surface area contributed by atoms with Crippen LogP contribution in [0.15, 0.2) is 59.6 Å². The van der Waals surface area contributed by atoms with E-state index in [0.717, 1.165) is 33.3 Å². The maximum atomic E-state index is 13.3. The van der Waals surface area contributed by atoms with Crippen LogP contribution in [0.1, 0.15) is 28.4 Å². The van der Waals surface area contributed by atoms with E-state index in [2.05, 4.69) is 47.5 Å². The SMILES string of the molecule is COc1ccc([C@H]2Nn3c(C)ccc3S[C@H]2C(=O)Nc2ccc(C)cc2C)cc1. The van der Waals surface area contributed by atoms with Gasteiger partial charge in [0, 0.05) is 11.4 Å². The monoisotopic (exact) mass is 407 g/mol. The van der Waals surface area contributed by atoms with Crippen molar-refractivity contribution in [1.82, 2.24) is 4.68 Å². The van der Waals surface area contributed by atoms with Gasteiger partial charge in [0.2, 0.25) is 5.91 Å². The van der Waals surface area contributed by atoms with E-state index < -0.39 is 0 Å². The second-order valence-corrected chi connectivity index (χ2v) is 8.54. The number of aryl methyl sites for hydroxylation is 3. The lowest BCUT2D eigenvalue weighted by molar-refractivity contribution is -0.116. The first-order valence-electron chi connectivity index (χ1n) is 9.60. The van der Waals surface area contributed by atoms with E-state index in [1.54, 1.807) is 18.9 Å². The van der Waals surface area contributed by atoms with Gasteiger partial charge in [-0.1, -0.05) is 41.6 Å². The first-order chi connectivity index (χ1) is 14.0. The van der Waals surface area contributed by atoms with Gasteiger partial charge in [0.1, 0.15) is 11.0 Å². The number of carbonyl (C=O) groups excluding carboxylic acids is 1. The number of fused-ring (bicyclic) bond motifs is 1. The lowest BCUT2D eigenvalue weighted by Gasteiger charge is -2.34.